The lowest BCUT2D eigenvalue weighted by Crippen LogP contribution is -2.47. The van der Waals surface area contributed by atoms with Crippen molar-refractivity contribution in [3.8, 4) is 0 Å². The second kappa shape index (κ2) is 8.79. The Kier molecular flexibility index (Phi) is 8.22. The van der Waals surface area contributed by atoms with Gasteiger partial charge in [-0.3, -0.25) is 4.79 Å². The summed E-state index contributed by atoms with van der Waals surface area (Å²) in [4.78, 5) is 22.1. The SMILES string of the molecule is CC(C)CCCC(C)NC(=O)NCC(C)(O)CC(=O)O. The number of urea groups is 1. The number of carboxylic acids is 1. The maximum Gasteiger partial charge on any atom is 0.315 e. The smallest absolute Gasteiger partial charge is 0.315 e. The molecule has 6 nitrogen and oxygen atoms in total. The van der Waals surface area contributed by atoms with Gasteiger partial charge in [0, 0.05) is 12.6 Å². The summed E-state index contributed by atoms with van der Waals surface area (Å²) in [5.74, 6) is -0.443. The van der Waals surface area contributed by atoms with Gasteiger partial charge in [0.05, 0.1) is 12.0 Å². The van der Waals surface area contributed by atoms with Crippen LogP contribution in [0.1, 0.15) is 53.4 Å². The van der Waals surface area contributed by atoms with Crippen LogP contribution < -0.4 is 10.6 Å². The third-order valence-electron chi connectivity index (χ3n) is 2.96. The van der Waals surface area contributed by atoms with Gasteiger partial charge in [-0.2, -0.15) is 0 Å². The zero-order valence-electron chi connectivity index (χ0n) is 12.9. The molecule has 0 radical (unpaired) electrons. The predicted molar refractivity (Wildman–Crippen MR) is 77.6 cm³/mol. The van der Waals surface area contributed by atoms with Crippen LogP contribution in [-0.4, -0.2) is 40.4 Å². The van der Waals surface area contributed by atoms with Crippen molar-refractivity contribution in [1.29, 1.82) is 0 Å². The van der Waals surface area contributed by atoms with Gasteiger partial charge in [0.15, 0.2) is 0 Å². The van der Waals surface area contributed by atoms with E-state index in [-0.39, 0.29) is 18.6 Å². The summed E-state index contributed by atoms with van der Waals surface area (Å²) in [5, 5.41) is 23.6. The molecule has 0 aliphatic carbocycles. The van der Waals surface area contributed by atoms with Crippen molar-refractivity contribution < 1.29 is 19.8 Å². The minimum Gasteiger partial charge on any atom is -0.481 e. The topological polar surface area (TPSA) is 98.7 Å². The summed E-state index contributed by atoms with van der Waals surface area (Å²) in [7, 11) is 0. The van der Waals surface area contributed by atoms with E-state index in [1.807, 2.05) is 6.92 Å². The quantitative estimate of drug-likeness (QED) is 0.519. The third kappa shape index (κ3) is 10.6. The highest BCUT2D eigenvalue weighted by atomic mass is 16.4. The molecule has 20 heavy (non-hydrogen) atoms. The first-order valence-corrected chi connectivity index (χ1v) is 7.11. The number of aliphatic hydroxyl groups is 1. The van der Waals surface area contributed by atoms with E-state index in [0.29, 0.717) is 5.92 Å². The summed E-state index contributed by atoms with van der Waals surface area (Å²) in [6, 6.07) is -0.328. The Balaban J connectivity index is 3.90. The monoisotopic (exact) mass is 288 g/mol. The molecule has 0 aliphatic rings. The van der Waals surface area contributed by atoms with Gasteiger partial charge in [-0.05, 0) is 26.2 Å². The molecule has 2 unspecified atom stereocenters. The number of aliphatic carboxylic acids is 1. The molecule has 0 spiro atoms. The van der Waals surface area contributed by atoms with Crippen molar-refractivity contribution in [1.82, 2.24) is 10.6 Å². The number of hydrogen-bond acceptors (Lipinski definition) is 3. The van der Waals surface area contributed by atoms with Crippen LogP contribution in [-0.2, 0) is 4.79 Å². The lowest BCUT2D eigenvalue weighted by Gasteiger charge is -2.22. The number of carbonyl (C=O) groups excluding carboxylic acids is 1. The predicted octanol–water partition coefficient (Wildman–Crippen LogP) is 1.73. The summed E-state index contributed by atoms with van der Waals surface area (Å²) in [6.45, 7) is 7.54. The van der Waals surface area contributed by atoms with Crippen LogP contribution in [0.5, 0.6) is 0 Å². The van der Waals surface area contributed by atoms with E-state index < -0.39 is 18.0 Å². The van der Waals surface area contributed by atoms with E-state index in [4.69, 9.17) is 5.11 Å². The van der Waals surface area contributed by atoms with Crippen LogP contribution in [0.2, 0.25) is 0 Å². The molecule has 2 amide bonds. The van der Waals surface area contributed by atoms with E-state index in [1.54, 1.807) is 0 Å². The molecule has 0 bridgehead atoms. The Bertz CT molecular complexity index is 316. The molecule has 0 aliphatic heterocycles. The fourth-order valence-electron chi connectivity index (χ4n) is 1.84. The minimum atomic E-state index is -1.44. The van der Waals surface area contributed by atoms with Crippen molar-refractivity contribution in [2.75, 3.05) is 6.54 Å². The molecule has 0 saturated heterocycles. The number of rotatable bonds is 9. The number of amides is 2. The van der Waals surface area contributed by atoms with Gasteiger partial charge in [0.25, 0.3) is 0 Å². The molecule has 0 aromatic heterocycles. The molecule has 0 aromatic rings. The fraction of sp³-hybridized carbons (Fsp3) is 0.857. The van der Waals surface area contributed by atoms with Crippen molar-refractivity contribution >= 4 is 12.0 Å². The van der Waals surface area contributed by atoms with Gasteiger partial charge in [-0.1, -0.05) is 26.7 Å². The van der Waals surface area contributed by atoms with E-state index in [2.05, 4.69) is 24.5 Å². The Morgan fingerprint density at radius 2 is 1.80 bits per heavy atom. The van der Waals surface area contributed by atoms with Gasteiger partial charge >= 0.3 is 12.0 Å². The third-order valence-corrected chi connectivity index (χ3v) is 2.96. The summed E-state index contributed by atoms with van der Waals surface area (Å²) >= 11 is 0. The minimum absolute atomic E-state index is 0.0539. The van der Waals surface area contributed by atoms with Crippen LogP contribution in [0.4, 0.5) is 4.79 Å². The molecular weight excluding hydrogens is 260 g/mol. The van der Waals surface area contributed by atoms with E-state index in [0.717, 1.165) is 19.3 Å². The van der Waals surface area contributed by atoms with Crippen molar-refractivity contribution in [3.63, 3.8) is 0 Å². The highest BCUT2D eigenvalue weighted by molar-refractivity contribution is 5.74. The van der Waals surface area contributed by atoms with Crippen LogP contribution in [0.25, 0.3) is 0 Å². The van der Waals surface area contributed by atoms with Crippen molar-refractivity contribution in [2.24, 2.45) is 5.92 Å². The number of hydrogen-bond donors (Lipinski definition) is 4. The van der Waals surface area contributed by atoms with Crippen LogP contribution in [0.15, 0.2) is 0 Å². The molecule has 6 heteroatoms. The Morgan fingerprint density at radius 1 is 1.20 bits per heavy atom. The van der Waals surface area contributed by atoms with Gasteiger partial charge in [0.1, 0.15) is 0 Å². The Morgan fingerprint density at radius 3 is 2.30 bits per heavy atom. The standard InChI is InChI=1S/C14H28N2O4/c1-10(2)6-5-7-11(3)16-13(19)15-9-14(4,20)8-12(17)18/h10-11,20H,5-9H2,1-4H3,(H,17,18)(H2,15,16,19). The maximum atomic E-state index is 11.6. The average Bonchev–Trinajstić information content (AvgIpc) is 2.24. The van der Waals surface area contributed by atoms with Gasteiger partial charge in [0.2, 0.25) is 0 Å². The van der Waals surface area contributed by atoms with Gasteiger partial charge < -0.3 is 20.8 Å². The molecule has 0 fully saturated rings. The van der Waals surface area contributed by atoms with Crippen LogP contribution in [0.3, 0.4) is 0 Å². The van der Waals surface area contributed by atoms with E-state index in [1.165, 1.54) is 6.92 Å². The molecule has 0 heterocycles. The normalized spacial score (nSPS) is 15.5. The lowest BCUT2D eigenvalue weighted by molar-refractivity contribution is -0.141. The Hall–Kier alpha value is -1.30. The first-order valence-electron chi connectivity index (χ1n) is 7.11. The zero-order chi connectivity index (χ0) is 15.8. The van der Waals surface area contributed by atoms with Crippen molar-refractivity contribution in [2.45, 2.75) is 65.0 Å². The largest absolute Gasteiger partial charge is 0.481 e. The molecule has 4 N–H and O–H groups in total. The Labute approximate surface area is 120 Å². The molecule has 0 saturated carbocycles. The van der Waals surface area contributed by atoms with Crippen LogP contribution >= 0.6 is 0 Å². The number of carboxylic acid groups (broad SMARTS) is 1. The average molecular weight is 288 g/mol. The number of carbonyl (C=O) groups is 2. The van der Waals surface area contributed by atoms with Crippen LogP contribution in [0, 0.1) is 5.92 Å². The van der Waals surface area contributed by atoms with Gasteiger partial charge in [-0.25, -0.2) is 4.79 Å². The molecule has 0 aromatic carbocycles. The fourth-order valence-corrected chi connectivity index (χ4v) is 1.84. The second-order valence-corrected chi connectivity index (χ2v) is 6.12. The zero-order valence-corrected chi connectivity index (χ0v) is 12.9. The van der Waals surface area contributed by atoms with Crippen molar-refractivity contribution in [3.05, 3.63) is 0 Å². The summed E-state index contributed by atoms with van der Waals surface area (Å²) < 4.78 is 0. The molecule has 2 atom stereocenters. The highest BCUT2D eigenvalue weighted by Crippen LogP contribution is 2.09. The summed E-state index contributed by atoms with van der Waals surface area (Å²) in [6.07, 6.45) is 2.67. The molecule has 0 rings (SSSR count). The van der Waals surface area contributed by atoms with E-state index >= 15 is 0 Å². The second-order valence-electron chi connectivity index (χ2n) is 6.12. The highest BCUT2D eigenvalue weighted by Gasteiger charge is 2.24. The number of nitrogens with one attached hydrogen (secondary N) is 2. The first-order chi connectivity index (χ1) is 9.12. The van der Waals surface area contributed by atoms with Gasteiger partial charge in [-0.15, -0.1) is 0 Å². The van der Waals surface area contributed by atoms with E-state index in [9.17, 15) is 14.7 Å². The maximum absolute atomic E-state index is 11.6. The lowest BCUT2D eigenvalue weighted by atomic mass is 10.0. The first kappa shape index (κ1) is 18.7. The summed E-state index contributed by atoms with van der Waals surface area (Å²) in [5.41, 5.74) is -1.44. The molecule has 118 valence electrons. The molecular formula is C14H28N2O4.